The minimum absolute atomic E-state index is 0.306. The average molecular weight is 385 g/mol. The highest BCUT2D eigenvalue weighted by Gasteiger charge is 2.28. The van der Waals surface area contributed by atoms with Crippen LogP contribution in [0, 0.1) is 0 Å². The summed E-state index contributed by atoms with van der Waals surface area (Å²) in [5.74, 6) is 1.43. The molecular weight excluding hydrogens is 362 g/mol. The smallest absolute Gasteiger partial charge is 0.328 e. The van der Waals surface area contributed by atoms with Gasteiger partial charge in [-0.15, -0.1) is 0 Å². The van der Waals surface area contributed by atoms with Crippen molar-refractivity contribution in [3.05, 3.63) is 47.0 Å². The fourth-order valence-corrected chi connectivity index (χ4v) is 3.34. The second-order valence-corrected chi connectivity index (χ2v) is 6.36. The Morgan fingerprint density at radius 1 is 0.964 bits per heavy atom. The van der Waals surface area contributed by atoms with E-state index >= 15 is 0 Å². The van der Waals surface area contributed by atoms with Crippen LogP contribution in [0.1, 0.15) is 16.7 Å². The van der Waals surface area contributed by atoms with Gasteiger partial charge >= 0.3 is 5.97 Å². The van der Waals surface area contributed by atoms with Gasteiger partial charge in [0.1, 0.15) is 0 Å². The second-order valence-electron chi connectivity index (χ2n) is 6.36. The van der Waals surface area contributed by atoms with E-state index in [1.165, 1.54) is 0 Å². The molecule has 0 saturated carbocycles. The first kappa shape index (κ1) is 19.5. The van der Waals surface area contributed by atoms with Crippen molar-refractivity contribution in [3.8, 4) is 23.0 Å². The highest BCUT2D eigenvalue weighted by molar-refractivity contribution is 6.06. The third-order valence-corrected chi connectivity index (χ3v) is 4.75. The summed E-state index contributed by atoms with van der Waals surface area (Å²) in [6, 6.07) is 8.45. The van der Waals surface area contributed by atoms with Gasteiger partial charge in [0.2, 0.25) is 0 Å². The van der Waals surface area contributed by atoms with E-state index in [9.17, 15) is 9.90 Å². The van der Waals surface area contributed by atoms with E-state index in [0.717, 1.165) is 16.7 Å². The topological polar surface area (TPSA) is 86.6 Å². The van der Waals surface area contributed by atoms with Crippen molar-refractivity contribution in [2.75, 3.05) is 28.4 Å². The lowest BCUT2D eigenvalue weighted by Gasteiger charge is -2.23. The number of aliphatic carboxylic acids is 1. The maximum absolute atomic E-state index is 11.6. The van der Waals surface area contributed by atoms with Crippen LogP contribution in [-0.4, -0.2) is 51.3 Å². The molecular formula is C21H23NO6. The number of methoxy groups -OCH3 is 4. The predicted octanol–water partition coefficient (Wildman–Crippen LogP) is 2.76. The Kier molecular flexibility index (Phi) is 5.73. The number of carboxylic acids is 1. The Bertz CT molecular complexity index is 921. The fraction of sp³-hybridized carbons (Fsp3) is 0.333. The molecule has 1 atom stereocenters. The molecule has 1 N–H and O–H groups in total. The Morgan fingerprint density at radius 3 is 2.18 bits per heavy atom. The van der Waals surface area contributed by atoms with E-state index < -0.39 is 12.0 Å². The molecule has 28 heavy (non-hydrogen) atoms. The maximum Gasteiger partial charge on any atom is 0.328 e. The van der Waals surface area contributed by atoms with E-state index in [1.54, 1.807) is 28.4 Å². The van der Waals surface area contributed by atoms with Gasteiger partial charge < -0.3 is 24.1 Å². The Balaban J connectivity index is 2.04. The average Bonchev–Trinajstić information content (AvgIpc) is 2.72. The SMILES string of the molecule is COc1ccc(CC2=N[C@H](C(=O)O)Cc3cc(OC)c(OC)cc32)cc1OC. The molecule has 0 saturated heterocycles. The van der Waals surface area contributed by atoms with E-state index in [4.69, 9.17) is 18.9 Å². The molecule has 1 heterocycles. The van der Waals surface area contributed by atoms with Crippen molar-refractivity contribution in [2.24, 2.45) is 4.99 Å². The number of hydrogen-bond donors (Lipinski definition) is 1. The third kappa shape index (κ3) is 3.74. The van der Waals surface area contributed by atoms with Crippen molar-refractivity contribution < 1.29 is 28.8 Å². The number of carbonyl (C=O) groups is 1. The van der Waals surface area contributed by atoms with E-state index in [0.29, 0.717) is 41.6 Å². The molecule has 1 aliphatic heterocycles. The molecule has 0 aromatic heterocycles. The summed E-state index contributed by atoms with van der Waals surface area (Å²) >= 11 is 0. The number of carboxylic acid groups (broad SMARTS) is 1. The molecule has 0 bridgehead atoms. The highest BCUT2D eigenvalue weighted by atomic mass is 16.5. The first-order valence-corrected chi connectivity index (χ1v) is 8.76. The zero-order chi connectivity index (χ0) is 20.3. The van der Waals surface area contributed by atoms with Gasteiger partial charge in [-0.3, -0.25) is 4.99 Å². The molecule has 7 heteroatoms. The molecule has 1 aliphatic rings. The predicted molar refractivity (Wildman–Crippen MR) is 104 cm³/mol. The summed E-state index contributed by atoms with van der Waals surface area (Å²) < 4.78 is 21.4. The van der Waals surface area contributed by atoms with Crippen molar-refractivity contribution in [3.63, 3.8) is 0 Å². The highest BCUT2D eigenvalue weighted by Crippen LogP contribution is 2.35. The lowest BCUT2D eigenvalue weighted by atomic mass is 9.90. The van der Waals surface area contributed by atoms with Crippen LogP contribution in [0.25, 0.3) is 0 Å². The van der Waals surface area contributed by atoms with Crippen LogP contribution in [0.15, 0.2) is 35.3 Å². The number of rotatable bonds is 7. The quantitative estimate of drug-likeness (QED) is 0.789. The van der Waals surface area contributed by atoms with Crippen LogP contribution in [0.3, 0.4) is 0 Å². The van der Waals surface area contributed by atoms with Gasteiger partial charge in [0, 0.05) is 24.1 Å². The van der Waals surface area contributed by atoms with Gasteiger partial charge in [0.25, 0.3) is 0 Å². The summed E-state index contributed by atoms with van der Waals surface area (Å²) in [7, 11) is 6.28. The van der Waals surface area contributed by atoms with Crippen molar-refractivity contribution >= 4 is 11.7 Å². The zero-order valence-electron chi connectivity index (χ0n) is 16.3. The van der Waals surface area contributed by atoms with Crippen molar-refractivity contribution in [1.82, 2.24) is 0 Å². The van der Waals surface area contributed by atoms with Gasteiger partial charge in [-0.25, -0.2) is 4.79 Å². The molecule has 0 unspecified atom stereocenters. The summed E-state index contributed by atoms with van der Waals surface area (Å²) in [4.78, 5) is 16.1. The molecule has 2 aromatic rings. The van der Waals surface area contributed by atoms with E-state index in [-0.39, 0.29) is 0 Å². The summed E-state index contributed by atoms with van der Waals surface area (Å²) in [5.41, 5.74) is 3.35. The lowest BCUT2D eigenvalue weighted by Crippen LogP contribution is -2.29. The van der Waals surface area contributed by atoms with Gasteiger partial charge in [0.05, 0.1) is 28.4 Å². The van der Waals surface area contributed by atoms with Crippen LogP contribution in [-0.2, 0) is 17.6 Å². The number of hydrogen-bond acceptors (Lipinski definition) is 6. The number of ether oxygens (including phenoxy) is 4. The monoisotopic (exact) mass is 385 g/mol. The Labute approximate surface area is 163 Å². The van der Waals surface area contributed by atoms with Crippen LogP contribution in [0.2, 0.25) is 0 Å². The summed E-state index contributed by atoms with van der Waals surface area (Å²) in [6.45, 7) is 0. The molecule has 0 amide bonds. The molecule has 0 radical (unpaired) electrons. The molecule has 3 rings (SSSR count). The molecule has 7 nitrogen and oxygen atoms in total. The molecule has 148 valence electrons. The Morgan fingerprint density at radius 2 is 1.57 bits per heavy atom. The number of nitrogens with zero attached hydrogens (tertiary/aromatic N) is 1. The second kappa shape index (κ2) is 8.21. The van der Waals surface area contributed by atoms with Crippen LogP contribution in [0.4, 0.5) is 0 Å². The zero-order valence-corrected chi connectivity index (χ0v) is 16.3. The lowest BCUT2D eigenvalue weighted by molar-refractivity contribution is -0.138. The van der Waals surface area contributed by atoms with Crippen molar-refractivity contribution in [1.29, 1.82) is 0 Å². The van der Waals surface area contributed by atoms with Crippen LogP contribution >= 0.6 is 0 Å². The van der Waals surface area contributed by atoms with Gasteiger partial charge in [-0.2, -0.15) is 0 Å². The molecule has 0 spiro atoms. The van der Waals surface area contributed by atoms with E-state index in [2.05, 4.69) is 4.99 Å². The summed E-state index contributed by atoms with van der Waals surface area (Å²) in [6.07, 6.45) is 0.757. The van der Waals surface area contributed by atoms with Gasteiger partial charge in [-0.1, -0.05) is 6.07 Å². The normalized spacial score (nSPS) is 15.3. The fourth-order valence-electron chi connectivity index (χ4n) is 3.34. The van der Waals surface area contributed by atoms with E-state index in [1.807, 2.05) is 30.3 Å². The van der Waals surface area contributed by atoms with Crippen LogP contribution in [0.5, 0.6) is 23.0 Å². The van der Waals surface area contributed by atoms with Gasteiger partial charge in [0.15, 0.2) is 29.0 Å². The first-order chi connectivity index (χ1) is 13.5. The summed E-state index contributed by atoms with van der Waals surface area (Å²) in [5, 5.41) is 9.53. The number of benzene rings is 2. The third-order valence-electron chi connectivity index (χ3n) is 4.75. The minimum Gasteiger partial charge on any atom is -0.493 e. The van der Waals surface area contributed by atoms with Gasteiger partial charge in [-0.05, 0) is 35.4 Å². The molecule has 2 aromatic carbocycles. The Hall–Kier alpha value is -3.22. The minimum atomic E-state index is -0.953. The largest absolute Gasteiger partial charge is 0.493 e. The molecule has 0 aliphatic carbocycles. The maximum atomic E-state index is 11.6. The standard InChI is InChI=1S/C21H23NO6/c1-25-17-6-5-12(8-18(17)26-2)7-15-14-11-20(28-4)19(27-3)10-13(14)9-16(22-15)21(23)24/h5-6,8,10-11,16H,7,9H2,1-4H3,(H,23,24)/t16-/m0/s1. The number of fused-ring (bicyclic) bond motifs is 1. The first-order valence-electron chi connectivity index (χ1n) is 8.76. The number of aliphatic imine (C=N–C) groups is 1. The molecule has 0 fully saturated rings. The van der Waals surface area contributed by atoms with Crippen molar-refractivity contribution in [2.45, 2.75) is 18.9 Å². The van der Waals surface area contributed by atoms with Crippen LogP contribution < -0.4 is 18.9 Å².